The molecule has 7 heteroatoms. The van der Waals surface area contributed by atoms with Gasteiger partial charge in [0.15, 0.2) is 11.7 Å². The first-order valence-corrected chi connectivity index (χ1v) is 10.0. The fraction of sp³-hybridized carbons (Fsp3) is 0.200. The van der Waals surface area contributed by atoms with Crippen LogP contribution in [-0.2, 0) is 4.79 Å². The maximum absolute atomic E-state index is 13.0. The molecule has 2 aromatic carbocycles. The summed E-state index contributed by atoms with van der Waals surface area (Å²) in [5.74, 6) is 0.432. The minimum absolute atomic E-state index is 0.120. The summed E-state index contributed by atoms with van der Waals surface area (Å²) in [4.78, 5) is 16.5. The van der Waals surface area contributed by atoms with E-state index in [1.165, 1.54) is 29.0 Å². The first kappa shape index (κ1) is 19.5. The number of hydrogen-bond donors (Lipinski definition) is 1. The lowest BCUT2D eigenvalue weighted by atomic mass is 10.0. The molecule has 1 N–H and O–H groups in total. The van der Waals surface area contributed by atoms with Gasteiger partial charge < -0.3 is 4.74 Å². The van der Waals surface area contributed by atoms with Gasteiger partial charge in [0.1, 0.15) is 11.6 Å². The Hall–Kier alpha value is -2.25. The number of aromatic nitrogens is 1. The topological polar surface area (TPSA) is 51.2 Å². The number of ether oxygens (including phenoxy) is 1. The van der Waals surface area contributed by atoms with Gasteiger partial charge in [-0.1, -0.05) is 19.9 Å². The molecule has 1 aromatic heterocycles. The number of hydrogen-bond acceptors (Lipinski definition) is 4. The van der Waals surface area contributed by atoms with E-state index in [2.05, 4.69) is 40.1 Å². The number of carbonyl (C=O) groups is 1. The zero-order chi connectivity index (χ0) is 19.4. The molecule has 0 atom stereocenters. The number of rotatable bonds is 6. The second-order valence-corrected chi connectivity index (χ2v) is 7.94. The molecule has 0 spiro atoms. The lowest BCUT2D eigenvalue weighted by molar-refractivity contribution is -0.118. The normalized spacial score (nSPS) is 10.9. The van der Waals surface area contributed by atoms with E-state index >= 15 is 0 Å². The van der Waals surface area contributed by atoms with Gasteiger partial charge in [0.05, 0.1) is 10.2 Å². The molecule has 0 saturated heterocycles. The summed E-state index contributed by atoms with van der Waals surface area (Å²) < 4.78 is 19.4. The minimum atomic E-state index is -0.299. The van der Waals surface area contributed by atoms with Crippen LogP contribution in [0.3, 0.4) is 0 Å². The van der Waals surface area contributed by atoms with Gasteiger partial charge in [0.25, 0.3) is 5.91 Å². The third-order valence-electron chi connectivity index (χ3n) is 3.87. The van der Waals surface area contributed by atoms with E-state index in [4.69, 9.17) is 4.74 Å². The molecule has 1 amide bonds. The van der Waals surface area contributed by atoms with Crippen molar-refractivity contribution >= 4 is 38.3 Å². The van der Waals surface area contributed by atoms with Gasteiger partial charge in [-0.15, -0.1) is 11.3 Å². The zero-order valence-corrected chi connectivity index (χ0v) is 17.2. The van der Waals surface area contributed by atoms with Crippen LogP contribution in [0.25, 0.3) is 11.3 Å². The first-order chi connectivity index (χ1) is 12.9. The highest BCUT2D eigenvalue weighted by atomic mass is 79.9. The van der Waals surface area contributed by atoms with Crippen LogP contribution >= 0.6 is 27.3 Å². The van der Waals surface area contributed by atoms with Gasteiger partial charge in [0, 0.05) is 10.9 Å². The molecular formula is C20H18BrFN2O2S. The first-order valence-electron chi connectivity index (χ1n) is 8.36. The number of carbonyl (C=O) groups excluding carboxylic acids is 1. The van der Waals surface area contributed by atoms with Crippen molar-refractivity contribution in [2.75, 3.05) is 11.9 Å². The molecule has 3 aromatic rings. The average Bonchev–Trinajstić information content (AvgIpc) is 3.09. The number of amides is 1. The molecule has 0 aliphatic carbocycles. The highest BCUT2D eigenvalue weighted by molar-refractivity contribution is 9.10. The molecular weight excluding hydrogens is 431 g/mol. The molecule has 0 unspecified atom stereocenters. The molecule has 0 fully saturated rings. The third-order valence-corrected chi connectivity index (χ3v) is 5.25. The van der Waals surface area contributed by atoms with Gasteiger partial charge in [-0.25, -0.2) is 9.37 Å². The average molecular weight is 449 g/mol. The Morgan fingerprint density at radius 2 is 2.00 bits per heavy atom. The predicted octanol–water partition coefficient (Wildman–Crippen LogP) is 5.85. The Bertz CT molecular complexity index is 941. The van der Waals surface area contributed by atoms with E-state index in [1.807, 2.05) is 23.6 Å². The van der Waals surface area contributed by atoms with Crippen molar-refractivity contribution in [2.45, 2.75) is 19.8 Å². The number of benzene rings is 2. The number of halogens is 2. The molecule has 0 aliphatic heterocycles. The van der Waals surface area contributed by atoms with Crippen LogP contribution < -0.4 is 10.1 Å². The molecule has 140 valence electrons. The smallest absolute Gasteiger partial charge is 0.264 e. The molecule has 0 aliphatic rings. The highest BCUT2D eigenvalue weighted by Gasteiger charge is 2.11. The molecule has 0 radical (unpaired) electrons. The Labute approximate surface area is 169 Å². The molecule has 0 saturated carbocycles. The number of nitrogens with one attached hydrogen (secondary N) is 1. The summed E-state index contributed by atoms with van der Waals surface area (Å²) in [6.07, 6.45) is 0. The van der Waals surface area contributed by atoms with E-state index < -0.39 is 0 Å². The van der Waals surface area contributed by atoms with Gasteiger partial charge >= 0.3 is 0 Å². The highest BCUT2D eigenvalue weighted by Crippen LogP contribution is 2.29. The summed E-state index contributed by atoms with van der Waals surface area (Å²) in [5, 5.41) is 5.00. The lowest BCUT2D eigenvalue weighted by Gasteiger charge is -2.11. The Morgan fingerprint density at radius 1 is 1.26 bits per heavy atom. The van der Waals surface area contributed by atoms with Crippen LogP contribution in [0.15, 0.2) is 52.3 Å². The van der Waals surface area contributed by atoms with E-state index in [1.54, 1.807) is 12.1 Å². The van der Waals surface area contributed by atoms with Crippen LogP contribution in [0.2, 0.25) is 0 Å². The Balaban J connectivity index is 1.58. The largest absolute Gasteiger partial charge is 0.483 e. The summed E-state index contributed by atoms with van der Waals surface area (Å²) in [6, 6.07) is 11.9. The van der Waals surface area contributed by atoms with Crippen LogP contribution in [0.1, 0.15) is 25.3 Å². The number of anilines is 1. The van der Waals surface area contributed by atoms with Gasteiger partial charge in [-0.3, -0.25) is 10.1 Å². The SMILES string of the molecule is CC(C)c1ccc(OCC(=O)Nc2nc(-c3ccc(F)cc3)cs2)c(Br)c1. The molecule has 4 nitrogen and oxygen atoms in total. The molecule has 0 bridgehead atoms. The van der Waals surface area contributed by atoms with Gasteiger partial charge in [-0.2, -0.15) is 0 Å². The summed E-state index contributed by atoms with van der Waals surface area (Å²) >= 11 is 4.78. The maximum atomic E-state index is 13.0. The third kappa shape index (κ3) is 5.14. The van der Waals surface area contributed by atoms with Crippen molar-refractivity contribution in [3.8, 4) is 17.0 Å². The number of nitrogens with zero attached hydrogens (tertiary/aromatic N) is 1. The molecule has 27 heavy (non-hydrogen) atoms. The van der Waals surface area contributed by atoms with Crippen molar-refractivity contribution in [3.05, 3.63) is 63.7 Å². The molecule has 3 rings (SSSR count). The van der Waals surface area contributed by atoms with E-state index in [0.717, 1.165) is 10.0 Å². The lowest BCUT2D eigenvalue weighted by Crippen LogP contribution is -2.20. The van der Waals surface area contributed by atoms with E-state index in [-0.39, 0.29) is 18.3 Å². The minimum Gasteiger partial charge on any atom is -0.483 e. The second-order valence-electron chi connectivity index (χ2n) is 6.23. The summed E-state index contributed by atoms with van der Waals surface area (Å²) in [6.45, 7) is 4.11. The maximum Gasteiger partial charge on any atom is 0.264 e. The van der Waals surface area contributed by atoms with Crippen molar-refractivity contribution in [1.82, 2.24) is 4.98 Å². The second kappa shape index (κ2) is 8.63. The van der Waals surface area contributed by atoms with Crippen molar-refractivity contribution in [3.63, 3.8) is 0 Å². The van der Waals surface area contributed by atoms with Gasteiger partial charge in [-0.05, 0) is 63.8 Å². The Kier molecular flexibility index (Phi) is 6.23. The van der Waals surface area contributed by atoms with E-state index in [0.29, 0.717) is 22.5 Å². The fourth-order valence-corrected chi connectivity index (χ4v) is 3.62. The van der Waals surface area contributed by atoms with E-state index in [9.17, 15) is 9.18 Å². The predicted molar refractivity (Wildman–Crippen MR) is 110 cm³/mol. The number of thiazole rings is 1. The quantitative estimate of drug-likeness (QED) is 0.514. The van der Waals surface area contributed by atoms with Gasteiger partial charge in [0.2, 0.25) is 0 Å². The van der Waals surface area contributed by atoms with Crippen LogP contribution in [-0.4, -0.2) is 17.5 Å². The standard InChI is InChI=1S/C20H18BrFN2O2S/c1-12(2)14-5-8-18(16(21)9-14)26-10-19(25)24-20-23-17(11-27-20)13-3-6-15(22)7-4-13/h3-9,11-12H,10H2,1-2H3,(H,23,24,25). The van der Waals surface area contributed by atoms with Crippen LogP contribution in [0, 0.1) is 5.82 Å². The van der Waals surface area contributed by atoms with Crippen LogP contribution in [0.4, 0.5) is 9.52 Å². The fourth-order valence-electron chi connectivity index (χ4n) is 2.38. The van der Waals surface area contributed by atoms with Crippen molar-refractivity contribution < 1.29 is 13.9 Å². The summed E-state index contributed by atoms with van der Waals surface area (Å²) in [7, 11) is 0. The van der Waals surface area contributed by atoms with Crippen LogP contribution in [0.5, 0.6) is 5.75 Å². The Morgan fingerprint density at radius 3 is 2.67 bits per heavy atom. The van der Waals surface area contributed by atoms with Crippen molar-refractivity contribution in [2.24, 2.45) is 0 Å². The monoisotopic (exact) mass is 448 g/mol. The zero-order valence-electron chi connectivity index (χ0n) is 14.8. The van der Waals surface area contributed by atoms with Crippen molar-refractivity contribution in [1.29, 1.82) is 0 Å². The molecule has 1 heterocycles. The summed E-state index contributed by atoms with van der Waals surface area (Å²) in [5.41, 5.74) is 2.66.